The van der Waals surface area contributed by atoms with Gasteiger partial charge in [-0.25, -0.2) is 4.39 Å². The molecule has 2 aromatic carbocycles. The molecule has 1 amide bonds. The molecule has 6 heteroatoms. The van der Waals surface area contributed by atoms with E-state index in [1.165, 1.54) is 18.3 Å². The summed E-state index contributed by atoms with van der Waals surface area (Å²) in [7, 11) is 0. The minimum atomic E-state index is -0.329. The largest absolute Gasteiger partial charge is 0.355 e. The van der Waals surface area contributed by atoms with Crippen LogP contribution in [0.4, 0.5) is 15.8 Å². The van der Waals surface area contributed by atoms with Crippen LogP contribution >= 0.6 is 11.6 Å². The number of halogens is 2. The molecule has 3 rings (SSSR count). The number of carbonyl (C=O) groups is 1. The predicted octanol–water partition coefficient (Wildman–Crippen LogP) is 4.59. The molecule has 0 atom stereocenters. The lowest BCUT2D eigenvalue weighted by Gasteiger charge is -2.09. The average molecular weight is 370 g/mol. The lowest BCUT2D eigenvalue weighted by atomic mass is 10.1. The van der Waals surface area contributed by atoms with Gasteiger partial charge in [-0.2, -0.15) is 0 Å². The third-order valence-electron chi connectivity index (χ3n) is 3.72. The maximum absolute atomic E-state index is 13.3. The molecule has 26 heavy (non-hydrogen) atoms. The Morgan fingerprint density at radius 3 is 2.58 bits per heavy atom. The Bertz CT molecular complexity index is 900. The topological polar surface area (TPSA) is 54.0 Å². The van der Waals surface area contributed by atoms with Gasteiger partial charge >= 0.3 is 0 Å². The second-order valence-corrected chi connectivity index (χ2v) is 6.13. The molecule has 0 spiro atoms. The molecule has 0 saturated heterocycles. The van der Waals surface area contributed by atoms with Crippen molar-refractivity contribution in [3.8, 4) is 0 Å². The summed E-state index contributed by atoms with van der Waals surface area (Å²) in [5, 5.41) is 6.58. The number of rotatable bonds is 6. The van der Waals surface area contributed by atoms with Gasteiger partial charge in [0.1, 0.15) is 11.5 Å². The molecule has 3 aromatic rings. The third-order valence-corrected chi connectivity index (χ3v) is 3.97. The smallest absolute Gasteiger partial charge is 0.269 e. The Balaban J connectivity index is 1.58. The van der Waals surface area contributed by atoms with E-state index in [-0.39, 0.29) is 11.7 Å². The molecule has 1 heterocycles. The summed E-state index contributed by atoms with van der Waals surface area (Å²) in [6, 6.07) is 17.0. The fourth-order valence-electron chi connectivity index (χ4n) is 2.43. The van der Waals surface area contributed by atoms with E-state index >= 15 is 0 Å². The van der Waals surface area contributed by atoms with Gasteiger partial charge < -0.3 is 10.6 Å². The predicted molar refractivity (Wildman–Crippen MR) is 101 cm³/mol. The van der Waals surface area contributed by atoms with Crippen LogP contribution in [-0.4, -0.2) is 17.4 Å². The van der Waals surface area contributed by atoms with Gasteiger partial charge in [-0.1, -0.05) is 29.8 Å². The van der Waals surface area contributed by atoms with Crippen LogP contribution in [0.15, 0.2) is 66.9 Å². The molecular formula is C20H17ClFN3O. The molecule has 0 radical (unpaired) electrons. The Kier molecular flexibility index (Phi) is 5.81. The van der Waals surface area contributed by atoms with Crippen LogP contribution in [0.3, 0.4) is 0 Å². The summed E-state index contributed by atoms with van der Waals surface area (Å²) in [6.07, 6.45) is 2.24. The minimum absolute atomic E-state index is 0.262. The van der Waals surface area contributed by atoms with Crippen LogP contribution in [0.2, 0.25) is 5.02 Å². The summed E-state index contributed by atoms with van der Waals surface area (Å²) in [4.78, 5) is 16.4. The van der Waals surface area contributed by atoms with E-state index in [0.717, 1.165) is 5.56 Å². The number of pyridine rings is 1. The zero-order valence-electron chi connectivity index (χ0n) is 13.9. The fourth-order valence-corrected chi connectivity index (χ4v) is 2.55. The Labute approximate surface area is 156 Å². The molecule has 0 aliphatic carbocycles. The summed E-state index contributed by atoms with van der Waals surface area (Å²) in [6.45, 7) is 0.490. The summed E-state index contributed by atoms with van der Waals surface area (Å²) in [5.74, 6) is -0.592. The lowest BCUT2D eigenvalue weighted by Crippen LogP contribution is -2.26. The van der Waals surface area contributed by atoms with Crippen molar-refractivity contribution >= 4 is 28.9 Å². The van der Waals surface area contributed by atoms with Crippen molar-refractivity contribution in [2.75, 3.05) is 11.9 Å². The van der Waals surface area contributed by atoms with Crippen molar-refractivity contribution in [3.63, 3.8) is 0 Å². The van der Waals surface area contributed by atoms with Crippen LogP contribution in [0.5, 0.6) is 0 Å². The second-order valence-electron chi connectivity index (χ2n) is 5.70. The summed E-state index contributed by atoms with van der Waals surface area (Å²) in [5.41, 5.74) is 2.64. The number of carbonyl (C=O) groups excluding carboxylic acids is 1. The lowest BCUT2D eigenvalue weighted by molar-refractivity contribution is 0.0949. The zero-order valence-corrected chi connectivity index (χ0v) is 14.6. The van der Waals surface area contributed by atoms with Crippen LogP contribution < -0.4 is 10.6 Å². The maximum atomic E-state index is 13.3. The van der Waals surface area contributed by atoms with E-state index in [1.54, 1.807) is 24.3 Å². The van der Waals surface area contributed by atoms with Gasteiger partial charge in [0.15, 0.2) is 0 Å². The second kappa shape index (κ2) is 8.45. The van der Waals surface area contributed by atoms with E-state index in [0.29, 0.717) is 35.1 Å². The van der Waals surface area contributed by atoms with Crippen molar-refractivity contribution in [1.82, 2.24) is 10.3 Å². The number of benzene rings is 2. The molecule has 132 valence electrons. The molecule has 1 aromatic heterocycles. The standard InChI is InChI=1S/C20H17ClFN3O/c21-15-6-4-14(5-7-15)8-10-24-20(26)19-13-18(9-11-23-19)25-17-3-1-2-16(22)12-17/h1-7,9,11-13H,8,10H2,(H,23,25)(H,24,26). The SMILES string of the molecule is O=C(NCCc1ccc(Cl)cc1)c1cc(Nc2cccc(F)c2)ccn1. The van der Waals surface area contributed by atoms with Gasteiger partial charge in [0.2, 0.25) is 0 Å². The number of nitrogens with zero attached hydrogens (tertiary/aromatic N) is 1. The van der Waals surface area contributed by atoms with E-state index in [9.17, 15) is 9.18 Å². The highest BCUT2D eigenvalue weighted by Gasteiger charge is 2.08. The molecule has 0 fully saturated rings. The fraction of sp³-hybridized carbons (Fsp3) is 0.100. The van der Waals surface area contributed by atoms with Crippen LogP contribution in [0.25, 0.3) is 0 Å². The van der Waals surface area contributed by atoms with Gasteiger partial charge in [0.05, 0.1) is 0 Å². The molecule has 0 saturated carbocycles. The van der Waals surface area contributed by atoms with Crippen molar-refractivity contribution in [2.24, 2.45) is 0 Å². The van der Waals surface area contributed by atoms with Gasteiger partial charge in [0, 0.05) is 29.1 Å². The normalized spacial score (nSPS) is 10.4. The highest BCUT2D eigenvalue weighted by atomic mass is 35.5. The molecule has 0 aliphatic rings. The number of aromatic nitrogens is 1. The van der Waals surface area contributed by atoms with Crippen molar-refractivity contribution in [3.05, 3.63) is 89.0 Å². The molecule has 0 bridgehead atoms. The molecule has 0 aliphatic heterocycles. The van der Waals surface area contributed by atoms with E-state index < -0.39 is 0 Å². The van der Waals surface area contributed by atoms with Gasteiger partial charge in [-0.15, -0.1) is 0 Å². The quantitative estimate of drug-likeness (QED) is 0.668. The highest BCUT2D eigenvalue weighted by molar-refractivity contribution is 6.30. The third kappa shape index (κ3) is 5.04. The van der Waals surface area contributed by atoms with E-state index in [2.05, 4.69) is 15.6 Å². The van der Waals surface area contributed by atoms with Gasteiger partial charge in [-0.3, -0.25) is 9.78 Å². The van der Waals surface area contributed by atoms with Crippen LogP contribution in [0, 0.1) is 5.82 Å². The van der Waals surface area contributed by atoms with Gasteiger partial charge in [-0.05, 0) is 54.4 Å². The first-order valence-electron chi connectivity index (χ1n) is 8.11. The Morgan fingerprint density at radius 1 is 1.04 bits per heavy atom. The number of nitrogens with one attached hydrogen (secondary N) is 2. The van der Waals surface area contributed by atoms with Crippen molar-refractivity contribution in [2.45, 2.75) is 6.42 Å². The van der Waals surface area contributed by atoms with Crippen molar-refractivity contribution in [1.29, 1.82) is 0 Å². The number of anilines is 2. The average Bonchev–Trinajstić information content (AvgIpc) is 2.63. The highest BCUT2D eigenvalue weighted by Crippen LogP contribution is 2.17. The first kappa shape index (κ1) is 17.9. The molecule has 2 N–H and O–H groups in total. The molecule has 0 unspecified atom stereocenters. The number of hydrogen-bond donors (Lipinski definition) is 2. The van der Waals surface area contributed by atoms with Gasteiger partial charge in [0.25, 0.3) is 5.91 Å². The van der Waals surface area contributed by atoms with Crippen molar-refractivity contribution < 1.29 is 9.18 Å². The zero-order chi connectivity index (χ0) is 18.4. The first-order chi connectivity index (χ1) is 12.6. The number of amides is 1. The summed E-state index contributed by atoms with van der Waals surface area (Å²) >= 11 is 5.85. The van der Waals surface area contributed by atoms with E-state index in [4.69, 9.17) is 11.6 Å². The molecule has 4 nitrogen and oxygen atoms in total. The monoisotopic (exact) mass is 369 g/mol. The Hall–Kier alpha value is -2.92. The summed E-state index contributed by atoms with van der Waals surface area (Å²) < 4.78 is 13.3. The van der Waals surface area contributed by atoms with Crippen LogP contribution in [0.1, 0.15) is 16.1 Å². The number of hydrogen-bond acceptors (Lipinski definition) is 3. The molecular weight excluding hydrogens is 353 g/mol. The first-order valence-corrected chi connectivity index (χ1v) is 8.49. The van der Waals surface area contributed by atoms with E-state index in [1.807, 2.05) is 24.3 Å². The maximum Gasteiger partial charge on any atom is 0.269 e. The minimum Gasteiger partial charge on any atom is -0.355 e. The Morgan fingerprint density at radius 2 is 1.81 bits per heavy atom. The van der Waals surface area contributed by atoms with Crippen LogP contribution in [-0.2, 0) is 6.42 Å².